The number of hydrogen-bond donors (Lipinski definition) is 2. The van der Waals surface area contributed by atoms with Crippen molar-refractivity contribution in [2.75, 3.05) is 7.11 Å². The van der Waals surface area contributed by atoms with Crippen molar-refractivity contribution in [3.05, 3.63) is 0 Å². The maximum absolute atomic E-state index is 11.6. The first kappa shape index (κ1) is 21.6. The number of ether oxygens (including phenoxy) is 1. The molecule has 166 valence electrons. The van der Waals surface area contributed by atoms with Gasteiger partial charge in [-0.25, -0.2) is 0 Å². The fourth-order valence-corrected chi connectivity index (χ4v) is 8.81. The Morgan fingerprint density at radius 1 is 1.07 bits per heavy atom. The summed E-state index contributed by atoms with van der Waals surface area (Å²) in [4.78, 5) is 11.6. The summed E-state index contributed by atoms with van der Waals surface area (Å²) in [5.74, 6) is 3.36. The zero-order chi connectivity index (χ0) is 21.0. The van der Waals surface area contributed by atoms with Crippen LogP contribution in [-0.2, 0) is 9.53 Å². The highest BCUT2D eigenvalue weighted by Gasteiger charge is 2.63. The van der Waals surface area contributed by atoms with Crippen LogP contribution in [0.2, 0.25) is 0 Å². The Morgan fingerprint density at radius 3 is 2.55 bits per heavy atom. The summed E-state index contributed by atoms with van der Waals surface area (Å²) in [6.45, 7) is 7.12. The zero-order valence-corrected chi connectivity index (χ0v) is 18.9. The molecule has 29 heavy (non-hydrogen) atoms. The SMILES string of the molecule is COC(=O)CC[C@H](C)[C@@H]1CC[C@@H]2[C@H]3CC[C@H]4C[C@@H](O)CC[C@]4(C)[C@@H]3C[C@@H](O)[C@@]21C. The largest absolute Gasteiger partial charge is 0.469 e. The van der Waals surface area contributed by atoms with Gasteiger partial charge in [-0.1, -0.05) is 20.8 Å². The minimum atomic E-state index is -0.246. The molecule has 4 aliphatic rings. The van der Waals surface area contributed by atoms with E-state index < -0.39 is 0 Å². The molecule has 4 rings (SSSR count). The van der Waals surface area contributed by atoms with E-state index >= 15 is 0 Å². The fourth-order valence-electron chi connectivity index (χ4n) is 8.81. The topological polar surface area (TPSA) is 66.8 Å². The Labute approximate surface area is 176 Å². The summed E-state index contributed by atoms with van der Waals surface area (Å²) >= 11 is 0. The molecule has 4 fully saturated rings. The molecule has 0 aliphatic heterocycles. The van der Waals surface area contributed by atoms with Crippen molar-refractivity contribution in [2.45, 2.75) is 97.2 Å². The lowest BCUT2D eigenvalue weighted by Gasteiger charge is -2.62. The van der Waals surface area contributed by atoms with Crippen LogP contribution in [0.15, 0.2) is 0 Å². The molecule has 0 radical (unpaired) electrons. The quantitative estimate of drug-likeness (QED) is 0.671. The van der Waals surface area contributed by atoms with Crippen LogP contribution in [0.4, 0.5) is 0 Å². The number of hydrogen-bond acceptors (Lipinski definition) is 4. The molecule has 4 saturated carbocycles. The summed E-state index contributed by atoms with van der Waals surface area (Å²) in [5, 5.41) is 21.8. The number of methoxy groups -OCH3 is 1. The monoisotopic (exact) mass is 406 g/mol. The minimum Gasteiger partial charge on any atom is -0.469 e. The van der Waals surface area contributed by atoms with Gasteiger partial charge in [0.15, 0.2) is 0 Å². The van der Waals surface area contributed by atoms with E-state index in [1.54, 1.807) is 0 Å². The summed E-state index contributed by atoms with van der Waals surface area (Å²) in [6.07, 6.45) is 9.86. The van der Waals surface area contributed by atoms with Gasteiger partial charge in [-0.2, -0.15) is 0 Å². The fraction of sp³-hybridized carbons (Fsp3) is 0.960. The highest BCUT2D eigenvalue weighted by atomic mass is 16.5. The molecular formula is C25H42O4. The van der Waals surface area contributed by atoms with Gasteiger partial charge in [0.2, 0.25) is 0 Å². The summed E-state index contributed by atoms with van der Waals surface area (Å²) in [6, 6.07) is 0. The normalized spacial score (nSPS) is 50.2. The Balaban J connectivity index is 1.53. The van der Waals surface area contributed by atoms with Gasteiger partial charge >= 0.3 is 5.97 Å². The number of aliphatic hydroxyl groups excluding tert-OH is 2. The molecule has 0 aromatic carbocycles. The van der Waals surface area contributed by atoms with Crippen molar-refractivity contribution >= 4 is 5.97 Å². The first-order valence-corrected chi connectivity index (χ1v) is 12.1. The molecule has 10 atom stereocenters. The zero-order valence-electron chi connectivity index (χ0n) is 18.9. The third-order valence-electron chi connectivity index (χ3n) is 10.5. The van der Waals surface area contributed by atoms with E-state index in [4.69, 9.17) is 4.74 Å². The van der Waals surface area contributed by atoms with E-state index in [0.717, 1.165) is 38.0 Å². The second-order valence-corrected chi connectivity index (χ2v) is 11.5. The molecule has 0 heterocycles. The summed E-state index contributed by atoms with van der Waals surface area (Å²) < 4.78 is 4.85. The summed E-state index contributed by atoms with van der Waals surface area (Å²) in [5.41, 5.74) is 0.271. The molecule has 0 spiro atoms. The van der Waals surface area contributed by atoms with Gasteiger partial charge in [0, 0.05) is 6.42 Å². The van der Waals surface area contributed by atoms with Crippen molar-refractivity contribution in [3.8, 4) is 0 Å². The lowest BCUT2D eigenvalue weighted by atomic mass is 9.43. The van der Waals surface area contributed by atoms with E-state index in [-0.39, 0.29) is 23.6 Å². The molecule has 4 nitrogen and oxygen atoms in total. The molecule has 0 saturated heterocycles. The number of carbonyl (C=O) groups excluding carboxylic acids is 1. The third-order valence-corrected chi connectivity index (χ3v) is 10.5. The molecule has 0 amide bonds. The van der Waals surface area contributed by atoms with E-state index in [0.29, 0.717) is 41.4 Å². The lowest BCUT2D eigenvalue weighted by molar-refractivity contribution is -0.175. The van der Waals surface area contributed by atoms with Gasteiger partial charge in [-0.3, -0.25) is 4.79 Å². The Kier molecular flexibility index (Phi) is 5.83. The molecule has 0 aromatic rings. The van der Waals surface area contributed by atoms with Crippen LogP contribution in [0.3, 0.4) is 0 Å². The van der Waals surface area contributed by atoms with Crippen LogP contribution < -0.4 is 0 Å². The van der Waals surface area contributed by atoms with Crippen molar-refractivity contribution in [2.24, 2.45) is 46.3 Å². The Morgan fingerprint density at radius 2 is 1.83 bits per heavy atom. The van der Waals surface area contributed by atoms with Gasteiger partial charge in [0.25, 0.3) is 0 Å². The lowest BCUT2D eigenvalue weighted by Crippen LogP contribution is -2.58. The van der Waals surface area contributed by atoms with E-state index in [1.807, 2.05) is 0 Å². The predicted octanol–water partition coefficient (Wildman–Crippen LogP) is 4.57. The number of aliphatic hydroxyl groups is 2. The first-order valence-electron chi connectivity index (χ1n) is 12.1. The van der Waals surface area contributed by atoms with Gasteiger partial charge < -0.3 is 14.9 Å². The third kappa shape index (κ3) is 3.37. The van der Waals surface area contributed by atoms with Crippen LogP contribution in [-0.4, -0.2) is 35.5 Å². The molecule has 2 N–H and O–H groups in total. The molecule has 0 bridgehead atoms. The van der Waals surface area contributed by atoms with Crippen molar-refractivity contribution in [1.82, 2.24) is 0 Å². The average molecular weight is 407 g/mol. The van der Waals surface area contributed by atoms with Crippen molar-refractivity contribution in [1.29, 1.82) is 0 Å². The first-order chi connectivity index (χ1) is 13.7. The van der Waals surface area contributed by atoms with Crippen LogP contribution in [0, 0.1) is 46.3 Å². The van der Waals surface area contributed by atoms with E-state index in [1.165, 1.54) is 32.8 Å². The van der Waals surface area contributed by atoms with Gasteiger partial charge in [-0.15, -0.1) is 0 Å². The minimum absolute atomic E-state index is 0.0198. The predicted molar refractivity (Wildman–Crippen MR) is 113 cm³/mol. The number of rotatable bonds is 4. The Hall–Kier alpha value is -0.610. The molecule has 0 aromatic heterocycles. The maximum Gasteiger partial charge on any atom is 0.305 e. The van der Waals surface area contributed by atoms with E-state index in [9.17, 15) is 15.0 Å². The molecule has 4 aliphatic carbocycles. The Bertz CT molecular complexity index is 620. The van der Waals surface area contributed by atoms with Crippen molar-refractivity contribution < 1.29 is 19.7 Å². The second-order valence-electron chi connectivity index (χ2n) is 11.5. The van der Waals surface area contributed by atoms with Crippen molar-refractivity contribution in [3.63, 3.8) is 0 Å². The maximum atomic E-state index is 11.6. The number of fused-ring (bicyclic) bond motifs is 5. The van der Waals surface area contributed by atoms with Gasteiger partial charge in [0.05, 0.1) is 19.3 Å². The highest BCUT2D eigenvalue weighted by Crippen LogP contribution is 2.68. The van der Waals surface area contributed by atoms with Crippen LogP contribution >= 0.6 is 0 Å². The number of esters is 1. The van der Waals surface area contributed by atoms with Gasteiger partial charge in [-0.05, 0) is 104 Å². The standard InChI is InChI=1S/C25H42O4/c1-15(5-10-23(28)29-4)19-8-9-20-18-7-6-16-13-17(26)11-12-24(16,2)21(18)14-22(27)25(19,20)3/h15-22,26-27H,5-14H2,1-4H3/t15-,16-,17-,18+,19-,20+,21+,22+,24-,25+/m0/s1. The van der Waals surface area contributed by atoms with Gasteiger partial charge in [0.1, 0.15) is 0 Å². The summed E-state index contributed by atoms with van der Waals surface area (Å²) in [7, 11) is 1.46. The van der Waals surface area contributed by atoms with Crippen LogP contribution in [0.5, 0.6) is 0 Å². The smallest absolute Gasteiger partial charge is 0.305 e. The highest BCUT2D eigenvalue weighted by molar-refractivity contribution is 5.69. The average Bonchev–Trinajstić information content (AvgIpc) is 3.06. The van der Waals surface area contributed by atoms with Crippen LogP contribution in [0.1, 0.15) is 85.0 Å². The van der Waals surface area contributed by atoms with E-state index in [2.05, 4.69) is 20.8 Å². The number of carbonyl (C=O) groups is 1. The molecule has 4 heteroatoms. The van der Waals surface area contributed by atoms with Crippen LogP contribution in [0.25, 0.3) is 0 Å². The molecular weight excluding hydrogens is 364 g/mol. The molecule has 0 unspecified atom stereocenters. The second kappa shape index (κ2) is 7.82.